The molecule has 1 aliphatic rings. The Morgan fingerprint density at radius 2 is 2.17 bits per heavy atom. The molecule has 1 fully saturated rings. The molecule has 1 aliphatic heterocycles. The summed E-state index contributed by atoms with van der Waals surface area (Å²) in [4.78, 5) is 12.5. The molecule has 0 bridgehead atoms. The second-order valence-corrected chi connectivity index (χ2v) is 6.25. The zero-order valence-electron chi connectivity index (χ0n) is 13.9. The van der Waals surface area contributed by atoms with E-state index in [2.05, 4.69) is 27.8 Å². The molecule has 23 heavy (non-hydrogen) atoms. The lowest BCUT2D eigenvalue weighted by Gasteiger charge is -2.18. The summed E-state index contributed by atoms with van der Waals surface area (Å²) in [6.45, 7) is 6.88. The summed E-state index contributed by atoms with van der Waals surface area (Å²) in [5.74, 6) is 0.250. The van der Waals surface area contributed by atoms with Crippen molar-refractivity contribution in [3.05, 3.63) is 35.4 Å². The van der Waals surface area contributed by atoms with E-state index in [0.717, 1.165) is 17.8 Å². The van der Waals surface area contributed by atoms with Crippen molar-refractivity contribution in [1.29, 1.82) is 0 Å². The molecule has 7 nitrogen and oxygen atoms in total. The fourth-order valence-corrected chi connectivity index (χ4v) is 3.17. The van der Waals surface area contributed by atoms with Gasteiger partial charge in [0.05, 0.1) is 24.9 Å². The van der Waals surface area contributed by atoms with Crippen molar-refractivity contribution in [2.75, 3.05) is 19.6 Å². The first kappa shape index (κ1) is 15.7. The Hall–Kier alpha value is -2.15. The van der Waals surface area contributed by atoms with E-state index < -0.39 is 0 Å². The number of hydrogen-bond acceptors (Lipinski definition) is 4. The minimum absolute atomic E-state index is 0.0442. The van der Waals surface area contributed by atoms with Crippen LogP contribution >= 0.6 is 0 Å². The van der Waals surface area contributed by atoms with Crippen molar-refractivity contribution in [1.82, 2.24) is 30.2 Å². The monoisotopic (exact) mass is 316 g/mol. The molecule has 3 heterocycles. The van der Waals surface area contributed by atoms with Gasteiger partial charge in [-0.2, -0.15) is 10.2 Å². The van der Waals surface area contributed by atoms with Gasteiger partial charge in [0, 0.05) is 44.5 Å². The molecule has 0 unspecified atom stereocenters. The van der Waals surface area contributed by atoms with Crippen LogP contribution in [0.25, 0.3) is 0 Å². The Morgan fingerprint density at radius 3 is 2.83 bits per heavy atom. The maximum Gasteiger partial charge on any atom is 0.225 e. The summed E-state index contributed by atoms with van der Waals surface area (Å²) in [5.41, 5.74) is 3.42. The minimum atomic E-state index is -0.0442. The van der Waals surface area contributed by atoms with Crippen LogP contribution < -0.4 is 10.6 Å². The van der Waals surface area contributed by atoms with Gasteiger partial charge >= 0.3 is 0 Å². The maximum atomic E-state index is 12.5. The molecular formula is C16H24N6O. The highest BCUT2D eigenvalue weighted by molar-refractivity contribution is 5.80. The van der Waals surface area contributed by atoms with Crippen molar-refractivity contribution in [2.45, 2.75) is 26.3 Å². The lowest BCUT2D eigenvalue weighted by molar-refractivity contribution is -0.124. The third-order valence-corrected chi connectivity index (χ3v) is 4.63. The minimum Gasteiger partial charge on any atom is -0.354 e. The zero-order chi connectivity index (χ0) is 16.4. The molecule has 2 aromatic heterocycles. The molecule has 0 spiro atoms. The van der Waals surface area contributed by atoms with Gasteiger partial charge in [-0.25, -0.2) is 0 Å². The van der Waals surface area contributed by atoms with Gasteiger partial charge in [-0.05, 0) is 25.0 Å². The molecule has 0 radical (unpaired) electrons. The molecule has 3 rings (SSSR count). The number of nitrogens with one attached hydrogen (secondary N) is 2. The van der Waals surface area contributed by atoms with Crippen molar-refractivity contribution in [3.63, 3.8) is 0 Å². The van der Waals surface area contributed by atoms with E-state index in [1.165, 1.54) is 5.56 Å². The van der Waals surface area contributed by atoms with Crippen LogP contribution in [-0.2, 0) is 18.4 Å². The fraction of sp³-hybridized carbons (Fsp3) is 0.562. The Bertz CT molecular complexity index is 689. The molecule has 2 aromatic rings. The van der Waals surface area contributed by atoms with E-state index in [4.69, 9.17) is 0 Å². The summed E-state index contributed by atoms with van der Waals surface area (Å²) in [6, 6.07) is 0. The summed E-state index contributed by atoms with van der Waals surface area (Å²) in [5, 5.41) is 14.9. The van der Waals surface area contributed by atoms with E-state index in [0.29, 0.717) is 19.6 Å². The highest BCUT2D eigenvalue weighted by atomic mass is 16.1. The van der Waals surface area contributed by atoms with Gasteiger partial charge in [0.25, 0.3) is 0 Å². The quantitative estimate of drug-likeness (QED) is 0.835. The normalized spacial score (nSPS) is 20.8. The van der Waals surface area contributed by atoms with Crippen LogP contribution in [0, 0.1) is 19.8 Å². The molecule has 0 aromatic carbocycles. The lowest BCUT2D eigenvalue weighted by atomic mass is 9.88. The molecule has 124 valence electrons. The van der Waals surface area contributed by atoms with E-state index in [9.17, 15) is 4.79 Å². The van der Waals surface area contributed by atoms with E-state index in [-0.39, 0.29) is 17.7 Å². The van der Waals surface area contributed by atoms with Crippen molar-refractivity contribution in [2.24, 2.45) is 13.0 Å². The van der Waals surface area contributed by atoms with Crippen LogP contribution in [-0.4, -0.2) is 45.1 Å². The Morgan fingerprint density at radius 1 is 1.35 bits per heavy atom. The van der Waals surface area contributed by atoms with Gasteiger partial charge in [-0.15, -0.1) is 0 Å². The third kappa shape index (κ3) is 3.29. The summed E-state index contributed by atoms with van der Waals surface area (Å²) < 4.78 is 3.72. The van der Waals surface area contributed by atoms with Crippen LogP contribution in [0.2, 0.25) is 0 Å². The van der Waals surface area contributed by atoms with Crippen LogP contribution in [0.4, 0.5) is 0 Å². The third-order valence-electron chi connectivity index (χ3n) is 4.63. The summed E-state index contributed by atoms with van der Waals surface area (Å²) in [6.07, 6.45) is 5.69. The zero-order valence-corrected chi connectivity index (χ0v) is 13.9. The summed E-state index contributed by atoms with van der Waals surface area (Å²) in [7, 11) is 1.93. The molecule has 7 heteroatoms. The summed E-state index contributed by atoms with van der Waals surface area (Å²) >= 11 is 0. The highest BCUT2D eigenvalue weighted by Gasteiger charge is 2.35. The smallest absolute Gasteiger partial charge is 0.225 e. The van der Waals surface area contributed by atoms with Crippen molar-refractivity contribution < 1.29 is 4.79 Å². The number of nitrogens with zero attached hydrogens (tertiary/aromatic N) is 4. The number of hydrogen-bond donors (Lipinski definition) is 2. The Balaban J connectivity index is 1.58. The molecule has 0 aliphatic carbocycles. The van der Waals surface area contributed by atoms with Crippen LogP contribution in [0.15, 0.2) is 18.6 Å². The number of carbonyl (C=O) groups excluding carboxylic acids is 1. The van der Waals surface area contributed by atoms with Gasteiger partial charge in [0.1, 0.15) is 0 Å². The largest absolute Gasteiger partial charge is 0.354 e. The first-order valence-electron chi connectivity index (χ1n) is 8.02. The van der Waals surface area contributed by atoms with Gasteiger partial charge in [-0.1, -0.05) is 0 Å². The highest BCUT2D eigenvalue weighted by Crippen LogP contribution is 2.30. The average Bonchev–Trinajstić information content (AvgIpc) is 3.22. The van der Waals surface area contributed by atoms with Gasteiger partial charge < -0.3 is 10.6 Å². The second kappa shape index (κ2) is 6.54. The number of aromatic nitrogens is 4. The lowest BCUT2D eigenvalue weighted by Crippen LogP contribution is -2.36. The predicted molar refractivity (Wildman–Crippen MR) is 87.0 cm³/mol. The van der Waals surface area contributed by atoms with Crippen LogP contribution in [0.3, 0.4) is 0 Å². The standard InChI is InChI=1S/C16H24N6O/c1-11-6-20-22(10-11)5-4-18-16(23)15-8-17-7-14(15)13-9-19-21(3)12(13)2/h6,9-10,14-15,17H,4-5,7-8H2,1-3H3,(H,18,23)/t14-,15+/m1/s1. The van der Waals surface area contributed by atoms with E-state index in [1.807, 2.05) is 41.9 Å². The Labute approximate surface area is 136 Å². The van der Waals surface area contributed by atoms with Crippen LogP contribution in [0.1, 0.15) is 22.7 Å². The van der Waals surface area contributed by atoms with Gasteiger partial charge in [-0.3, -0.25) is 14.2 Å². The van der Waals surface area contributed by atoms with Gasteiger partial charge in [0.2, 0.25) is 5.91 Å². The molecular weight excluding hydrogens is 292 g/mol. The van der Waals surface area contributed by atoms with Crippen LogP contribution in [0.5, 0.6) is 0 Å². The second-order valence-electron chi connectivity index (χ2n) is 6.25. The number of amides is 1. The number of rotatable bonds is 5. The number of carbonyl (C=O) groups is 1. The molecule has 1 saturated heterocycles. The first-order valence-corrected chi connectivity index (χ1v) is 8.02. The van der Waals surface area contributed by atoms with Crippen molar-refractivity contribution >= 4 is 5.91 Å². The first-order chi connectivity index (χ1) is 11.1. The molecule has 2 N–H and O–H groups in total. The molecule has 0 saturated carbocycles. The fourth-order valence-electron chi connectivity index (χ4n) is 3.17. The predicted octanol–water partition coefficient (Wildman–Crippen LogP) is 0.353. The van der Waals surface area contributed by atoms with Crippen molar-refractivity contribution in [3.8, 4) is 0 Å². The topological polar surface area (TPSA) is 76.8 Å². The maximum absolute atomic E-state index is 12.5. The van der Waals surface area contributed by atoms with E-state index >= 15 is 0 Å². The number of aryl methyl sites for hydroxylation is 2. The SMILES string of the molecule is Cc1cnn(CCNC(=O)[C@H]2CNC[C@@H]2c2cnn(C)c2C)c1. The van der Waals surface area contributed by atoms with E-state index in [1.54, 1.807) is 0 Å². The molecule has 2 atom stereocenters. The van der Waals surface area contributed by atoms with Gasteiger partial charge in [0.15, 0.2) is 0 Å². The molecule has 1 amide bonds. The average molecular weight is 316 g/mol. The Kier molecular flexibility index (Phi) is 4.47.